The Morgan fingerprint density at radius 2 is 2.21 bits per heavy atom. The number of piperazine rings is 1. The number of hydrogen-bond acceptors (Lipinski definition) is 3. The van der Waals surface area contributed by atoms with Gasteiger partial charge >= 0.3 is 0 Å². The van der Waals surface area contributed by atoms with Gasteiger partial charge in [0.25, 0.3) is 0 Å². The van der Waals surface area contributed by atoms with E-state index in [-0.39, 0.29) is 18.0 Å². The minimum Gasteiger partial charge on any atom is -0.337 e. The average molecular weight is 261 g/mol. The second-order valence-corrected chi connectivity index (χ2v) is 5.20. The van der Waals surface area contributed by atoms with Gasteiger partial charge in [-0.2, -0.15) is 0 Å². The summed E-state index contributed by atoms with van der Waals surface area (Å²) in [6, 6.07) is 10.2. The predicted molar refractivity (Wildman–Crippen MR) is 76.6 cm³/mol. The summed E-state index contributed by atoms with van der Waals surface area (Å²) >= 11 is 0. The summed E-state index contributed by atoms with van der Waals surface area (Å²) in [5, 5.41) is 3.29. The molecule has 0 aromatic heterocycles. The first-order valence-electron chi connectivity index (χ1n) is 6.99. The van der Waals surface area contributed by atoms with Gasteiger partial charge in [-0.05, 0) is 18.9 Å². The highest BCUT2D eigenvalue weighted by Crippen LogP contribution is 2.16. The molecule has 4 nitrogen and oxygen atoms in total. The summed E-state index contributed by atoms with van der Waals surface area (Å²) in [5.41, 5.74) is 7.23. The monoisotopic (exact) mass is 261 g/mol. The molecule has 1 aromatic carbocycles. The zero-order chi connectivity index (χ0) is 13.7. The molecule has 2 rings (SSSR count). The molecule has 19 heavy (non-hydrogen) atoms. The van der Waals surface area contributed by atoms with E-state index in [2.05, 4.69) is 12.2 Å². The van der Waals surface area contributed by atoms with Gasteiger partial charge in [-0.3, -0.25) is 4.79 Å². The Kier molecular flexibility index (Phi) is 4.93. The fourth-order valence-electron chi connectivity index (χ4n) is 2.50. The maximum atomic E-state index is 12.2. The van der Waals surface area contributed by atoms with Gasteiger partial charge in [0, 0.05) is 38.1 Å². The molecule has 1 heterocycles. The maximum Gasteiger partial charge on any atom is 0.222 e. The summed E-state index contributed by atoms with van der Waals surface area (Å²) in [5.74, 6) is 0.223. The lowest BCUT2D eigenvalue weighted by atomic mass is 10.0. The molecule has 0 bridgehead atoms. The number of carbonyl (C=O) groups is 1. The predicted octanol–water partition coefficient (Wildman–Crippen LogP) is 1.29. The first-order chi connectivity index (χ1) is 9.18. The Hall–Kier alpha value is -1.39. The van der Waals surface area contributed by atoms with Crippen LogP contribution in [-0.4, -0.2) is 36.5 Å². The van der Waals surface area contributed by atoms with Crippen molar-refractivity contribution in [2.24, 2.45) is 5.73 Å². The molecule has 1 saturated heterocycles. The first-order valence-corrected chi connectivity index (χ1v) is 6.99. The van der Waals surface area contributed by atoms with E-state index in [1.54, 1.807) is 0 Å². The van der Waals surface area contributed by atoms with Crippen molar-refractivity contribution in [1.29, 1.82) is 0 Å². The molecule has 0 spiro atoms. The van der Waals surface area contributed by atoms with Crippen molar-refractivity contribution in [1.82, 2.24) is 10.2 Å². The van der Waals surface area contributed by atoms with Crippen LogP contribution in [0.4, 0.5) is 0 Å². The number of nitrogens with two attached hydrogens (primary N) is 1. The first kappa shape index (κ1) is 14.0. The SMILES string of the molecule is C[C@@H]1CNCCN1C(=O)CC[C@@H](N)c1ccccc1. The molecule has 4 heteroatoms. The number of rotatable bonds is 4. The number of nitrogens with zero attached hydrogens (tertiary/aromatic N) is 1. The molecule has 2 atom stereocenters. The minimum absolute atomic E-state index is 0.0524. The highest BCUT2D eigenvalue weighted by Gasteiger charge is 2.23. The number of nitrogens with one attached hydrogen (secondary N) is 1. The largest absolute Gasteiger partial charge is 0.337 e. The van der Waals surface area contributed by atoms with Gasteiger partial charge in [0.2, 0.25) is 5.91 Å². The van der Waals surface area contributed by atoms with Gasteiger partial charge in [-0.15, -0.1) is 0 Å². The Balaban J connectivity index is 1.83. The third-order valence-electron chi connectivity index (χ3n) is 3.72. The lowest BCUT2D eigenvalue weighted by Crippen LogP contribution is -2.52. The van der Waals surface area contributed by atoms with Crippen molar-refractivity contribution < 1.29 is 4.79 Å². The van der Waals surface area contributed by atoms with E-state index in [0.29, 0.717) is 12.8 Å². The fourth-order valence-corrected chi connectivity index (χ4v) is 2.50. The molecule has 1 fully saturated rings. The van der Waals surface area contributed by atoms with Crippen LogP contribution in [0, 0.1) is 0 Å². The smallest absolute Gasteiger partial charge is 0.222 e. The van der Waals surface area contributed by atoms with Gasteiger partial charge in [-0.25, -0.2) is 0 Å². The zero-order valence-corrected chi connectivity index (χ0v) is 11.5. The van der Waals surface area contributed by atoms with Crippen molar-refractivity contribution >= 4 is 5.91 Å². The summed E-state index contributed by atoms with van der Waals surface area (Å²) in [7, 11) is 0. The molecule has 0 aliphatic carbocycles. The second kappa shape index (κ2) is 6.68. The Morgan fingerprint density at radius 1 is 1.47 bits per heavy atom. The summed E-state index contributed by atoms with van der Waals surface area (Å²) in [4.78, 5) is 14.2. The topological polar surface area (TPSA) is 58.4 Å². The van der Waals surface area contributed by atoms with Crippen LogP contribution in [0.2, 0.25) is 0 Å². The summed E-state index contributed by atoms with van der Waals surface area (Å²) in [6.07, 6.45) is 1.24. The molecule has 1 amide bonds. The van der Waals surface area contributed by atoms with E-state index in [4.69, 9.17) is 5.73 Å². The molecule has 3 N–H and O–H groups in total. The quantitative estimate of drug-likeness (QED) is 0.858. The van der Waals surface area contributed by atoms with E-state index in [1.165, 1.54) is 0 Å². The van der Waals surface area contributed by atoms with E-state index >= 15 is 0 Å². The fraction of sp³-hybridized carbons (Fsp3) is 0.533. The standard InChI is InChI=1S/C15H23N3O/c1-12-11-17-9-10-18(12)15(19)8-7-14(16)13-5-3-2-4-6-13/h2-6,12,14,17H,7-11,16H2,1H3/t12-,14-/m1/s1. The number of benzene rings is 1. The van der Waals surface area contributed by atoms with Crippen LogP contribution >= 0.6 is 0 Å². The van der Waals surface area contributed by atoms with Crippen molar-refractivity contribution in [3.63, 3.8) is 0 Å². The minimum atomic E-state index is -0.0524. The molecule has 1 aromatic rings. The van der Waals surface area contributed by atoms with Crippen molar-refractivity contribution in [2.75, 3.05) is 19.6 Å². The normalized spacial score (nSPS) is 21.2. The van der Waals surface area contributed by atoms with Crippen molar-refractivity contribution in [3.8, 4) is 0 Å². The Bertz CT molecular complexity index is 407. The van der Waals surface area contributed by atoms with E-state index in [9.17, 15) is 4.79 Å². The van der Waals surface area contributed by atoms with E-state index in [0.717, 1.165) is 25.2 Å². The molecule has 0 radical (unpaired) electrons. The van der Waals surface area contributed by atoms with Crippen LogP contribution in [0.3, 0.4) is 0 Å². The molecule has 104 valence electrons. The summed E-state index contributed by atoms with van der Waals surface area (Å²) in [6.45, 7) is 4.67. The number of carbonyl (C=O) groups excluding carboxylic acids is 1. The lowest BCUT2D eigenvalue weighted by Gasteiger charge is -2.34. The summed E-state index contributed by atoms with van der Waals surface area (Å²) < 4.78 is 0. The molecule has 0 saturated carbocycles. The van der Waals surface area contributed by atoms with Crippen LogP contribution in [0.1, 0.15) is 31.4 Å². The Labute approximate surface area is 115 Å². The van der Waals surface area contributed by atoms with E-state index < -0.39 is 0 Å². The number of amides is 1. The van der Waals surface area contributed by atoms with Gasteiger partial charge in [0.1, 0.15) is 0 Å². The van der Waals surface area contributed by atoms with Crippen LogP contribution in [-0.2, 0) is 4.79 Å². The van der Waals surface area contributed by atoms with Gasteiger partial charge < -0.3 is 16.0 Å². The second-order valence-electron chi connectivity index (χ2n) is 5.20. The van der Waals surface area contributed by atoms with Crippen molar-refractivity contribution in [3.05, 3.63) is 35.9 Å². The highest BCUT2D eigenvalue weighted by atomic mass is 16.2. The Morgan fingerprint density at radius 3 is 2.89 bits per heavy atom. The molecule has 1 aliphatic heterocycles. The highest BCUT2D eigenvalue weighted by molar-refractivity contribution is 5.76. The average Bonchev–Trinajstić information content (AvgIpc) is 2.46. The third kappa shape index (κ3) is 3.78. The number of hydrogen-bond donors (Lipinski definition) is 2. The molecular formula is C15H23N3O. The molecular weight excluding hydrogens is 238 g/mol. The van der Waals surface area contributed by atoms with Crippen LogP contribution in [0.5, 0.6) is 0 Å². The van der Waals surface area contributed by atoms with Crippen LogP contribution in [0.15, 0.2) is 30.3 Å². The third-order valence-corrected chi connectivity index (χ3v) is 3.72. The molecule has 1 aliphatic rings. The van der Waals surface area contributed by atoms with Crippen molar-refractivity contribution in [2.45, 2.75) is 31.8 Å². The van der Waals surface area contributed by atoms with E-state index in [1.807, 2.05) is 35.2 Å². The van der Waals surface area contributed by atoms with Gasteiger partial charge in [0.05, 0.1) is 0 Å². The van der Waals surface area contributed by atoms with Crippen LogP contribution < -0.4 is 11.1 Å². The van der Waals surface area contributed by atoms with Crippen LogP contribution in [0.25, 0.3) is 0 Å². The van der Waals surface area contributed by atoms with Gasteiger partial charge in [0.15, 0.2) is 0 Å². The zero-order valence-electron chi connectivity index (χ0n) is 11.5. The van der Waals surface area contributed by atoms with Gasteiger partial charge in [-0.1, -0.05) is 30.3 Å². The lowest BCUT2D eigenvalue weighted by molar-refractivity contribution is -0.134. The molecule has 0 unspecified atom stereocenters. The maximum absolute atomic E-state index is 12.2.